The summed E-state index contributed by atoms with van der Waals surface area (Å²) in [4.78, 5) is 26.1. The molecule has 0 amide bonds. The number of nitrogens with two attached hydrogens (primary N) is 1. The molecule has 10 heteroatoms. The lowest BCUT2D eigenvalue weighted by atomic mass is 9.73. The Kier molecular flexibility index (Phi) is 9.13. The highest BCUT2D eigenvalue weighted by molar-refractivity contribution is 5.72. The molecule has 3 aromatic heterocycles. The summed E-state index contributed by atoms with van der Waals surface area (Å²) in [5.41, 5.74) is 7.59. The maximum absolute atomic E-state index is 13.1. The second-order valence-corrected chi connectivity index (χ2v) is 11.9. The number of alkyl halides is 2. The van der Waals surface area contributed by atoms with Crippen molar-refractivity contribution >= 4 is 17.6 Å². The van der Waals surface area contributed by atoms with Gasteiger partial charge in [-0.15, -0.1) is 0 Å². The highest BCUT2D eigenvalue weighted by Crippen LogP contribution is 2.41. The first kappa shape index (κ1) is 30.0. The maximum atomic E-state index is 13.1. The molecular formula is C32H39F2N5O3. The van der Waals surface area contributed by atoms with Gasteiger partial charge in [-0.05, 0) is 113 Å². The molecule has 0 radical (unpaired) electrons. The molecule has 2 aliphatic rings. The zero-order valence-electron chi connectivity index (χ0n) is 24.1. The SMILES string of the molecule is Cc1cc(Nc2cc(C(F)F)ccn2)nc(-c2ccc([C@](C)(O)[C@H]3CC[C@H](C(=O)O[C@H]4CC[C@@H](N)CC4)CC3)nc2)c1. The molecule has 2 fully saturated rings. The van der Waals surface area contributed by atoms with Crippen LogP contribution in [0.25, 0.3) is 11.3 Å². The van der Waals surface area contributed by atoms with E-state index in [0.717, 1.165) is 36.8 Å². The van der Waals surface area contributed by atoms with E-state index in [-0.39, 0.29) is 41.3 Å². The van der Waals surface area contributed by atoms with Crippen LogP contribution in [-0.2, 0) is 15.1 Å². The number of pyridine rings is 3. The van der Waals surface area contributed by atoms with Gasteiger partial charge in [0.2, 0.25) is 0 Å². The molecular weight excluding hydrogens is 540 g/mol. The fraction of sp³-hybridized carbons (Fsp3) is 0.500. The molecule has 5 rings (SSSR count). The van der Waals surface area contributed by atoms with Gasteiger partial charge in [-0.3, -0.25) is 9.78 Å². The van der Waals surface area contributed by atoms with E-state index >= 15 is 0 Å². The van der Waals surface area contributed by atoms with Crippen LogP contribution in [0.15, 0.2) is 48.8 Å². The Bertz CT molecular complexity index is 1370. The van der Waals surface area contributed by atoms with E-state index in [1.54, 1.807) is 13.1 Å². The highest BCUT2D eigenvalue weighted by Gasteiger charge is 2.39. The van der Waals surface area contributed by atoms with Crippen molar-refractivity contribution in [2.45, 2.75) is 89.4 Å². The molecule has 2 aliphatic carbocycles. The number of carbonyl (C=O) groups excluding carboxylic acids is 1. The van der Waals surface area contributed by atoms with E-state index < -0.39 is 12.0 Å². The number of halogens is 2. The third kappa shape index (κ3) is 7.10. The molecule has 0 unspecified atom stereocenters. The molecule has 0 spiro atoms. The number of nitrogens with zero attached hydrogens (tertiary/aromatic N) is 3. The topological polar surface area (TPSA) is 123 Å². The molecule has 0 aromatic carbocycles. The van der Waals surface area contributed by atoms with Crippen molar-refractivity contribution in [2.75, 3.05) is 5.32 Å². The molecule has 224 valence electrons. The minimum Gasteiger partial charge on any atom is -0.462 e. The molecule has 3 heterocycles. The fourth-order valence-corrected chi connectivity index (χ4v) is 6.07. The van der Waals surface area contributed by atoms with Crippen LogP contribution in [0.1, 0.15) is 81.5 Å². The van der Waals surface area contributed by atoms with Crippen molar-refractivity contribution < 1.29 is 23.4 Å². The summed E-state index contributed by atoms with van der Waals surface area (Å²) in [6, 6.07) is 10.2. The average molecular weight is 580 g/mol. The molecule has 0 saturated heterocycles. The van der Waals surface area contributed by atoms with E-state index in [1.165, 1.54) is 18.3 Å². The van der Waals surface area contributed by atoms with Crippen LogP contribution in [0.2, 0.25) is 0 Å². The first-order chi connectivity index (χ1) is 20.1. The molecule has 0 aliphatic heterocycles. The zero-order valence-corrected chi connectivity index (χ0v) is 24.1. The Hall–Kier alpha value is -3.50. The van der Waals surface area contributed by atoms with Crippen LogP contribution in [0.3, 0.4) is 0 Å². The monoisotopic (exact) mass is 579 g/mol. The van der Waals surface area contributed by atoms with Gasteiger partial charge in [0.05, 0.1) is 17.3 Å². The van der Waals surface area contributed by atoms with Crippen LogP contribution in [0, 0.1) is 18.8 Å². The lowest BCUT2D eigenvalue weighted by molar-refractivity contribution is -0.158. The van der Waals surface area contributed by atoms with Crippen LogP contribution in [0.4, 0.5) is 20.4 Å². The van der Waals surface area contributed by atoms with Gasteiger partial charge in [0, 0.05) is 29.6 Å². The second kappa shape index (κ2) is 12.8. The average Bonchev–Trinajstić information content (AvgIpc) is 2.98. The summed E-state index contributed by atoms with van der Waals surface area (Å²) in [6.07, 6.45) is 6.65. The summed E-state index contributed by atoms with van der Waals surface area (Å²) in [5.74, 6) is 0.474. The van der Waals surface area contributed by atoms with Gasteiger partial charge in [-0.1, -0.05) is 0 Å². The van der Waals surface area contributed by atoms with E-state index in [0.29, 0.717) is 42.9 Å². The number of esters is 1. The summed E-state index contributed by atoms with van der Waals surface area (Å²) >= 11 is 0. The third-order valence-corrected chi connectivity index (χ3v) is 8.70. The van der Waals surface area contributed by atoms with E-state index in [1.807, 2.05) is 31.2 Å². The Morgan fingerprint density at radius 3 is 2.43 bits per heavy atom. The minimum atomic E-state index is -2.59. The van der Waals surface area contributed by atoms with Crippen molar-refractivity contribution in [1.29, 1.82) is 0 Å². The Morgan fingerprint density at radius 2 is 1.76 bits per heavy atom. The summed E-state index contributed by atoms with van der Waals surface area (Å²) in [6.45, 7) is 3.71. The minimum absolute atomic E-state index is 0.0241. The van der Waals surface area contributed by atoms with Crippen molar-refractivity contribution in [3.05, 3.63) is 65.6 Å². The number of hydrogen-bond donors (Lipinski definition) is 3. The van der Waals surface area contributed by atoms with E-state index in [2.05, 4.69) is 20.3 Å². The zero-order chi connectivity index (χ0) is 29.9. The largest absolute Gasteiger partial charge is 0.462 e. The van der Waals surface area contributed by atoms with Gasteiger partial charge >= 0.3 is 5.97 Å². The second-order valence-electron chi connectivity index (χ2n) is 11.9. The lowest BCUT2D eigenvalue weighted by Crippen LogP contribution is -2.38. The summed E-state index contributed by atoms with van der Waals surface area (Å²) in [5, 5.41) is 14.5. The predicted octanol–water partition coefficient (Wildman–Crippen LogP) is 6.36. The summed E-state index contributed by atoms with van der Waals surface area (Å²) in [7, 11) is 0. The number of aromatic nitrogens is 3. The Balaban J connectivity index is 1.21. The van der Waals surface area contributed by atoms with Crippen LogP contribution < -0.4 is 11.1 Å². The lowest BCUT2D eigenvalue weighted by Gasteiger charge is -2.37. The van der Waals surface area contributed by atoms with Crippen LogP contribution in [0.5, 0.6) is 0 Å². The third-order valence-electron chi connectivity index (χ3n) is 8.70. The quantitative estimate of drug-likeness (QED) is 0.264. The number of anilines is 2. The molecule has 0 bridgehead atoms. The number of aryl methyl sites for hydroxylation is 1. The number of aliphatic hydroxyl groups is 1. The fourth-order valence-electron chi connectivity index (χ4n) is 6.07. The van der Waals surface area contributed by atoms with Gasteiger partial charge < -0.3 is 20.9 Å². The highest BCUT2D eigenvalue weighted by atomic mass is 19.3. The number of rotatable bonds is 8. The molecule has 2 saturated carbocycles. The molecule has 3 aromatic rings. The van der Waals surface area contributed by atoms with Gasteiger partial charge in [0.1, 0.15) is 23.3 Å². The molecule has 1 atom stereocenters. The predicted molar refractivity (Wildman–Crippen MR) is 156 cm³/mol. The van der Waals surface area contributed by atoms with Crippen molar-refractivity contribution in [1.82, 2.24) is 15.0 Å². The Morgan fingerprint density at radius 1 is 1.02 bits per heavy atom. The van der Waals surface area contributed by atoms with Gasteiger partial charge in [-0.25, -0.2) is 18.7 Å². The molecule has 8 nitrogen and oxygen atoms in total. The van der Waals surface area contributed by atoms with Gasteiger partial charge in [0.25, 0.3) is 6.43 Å². The first-order valence-corrected chi connectivity index (χ1v) is 14.7. The van der Waals surface area contributed by atoms with Crippen molar-refractivity contribution in [3.63, 3.8) is 0 Å². The molecule has 4 N–H and O–H groups in total. The number of hydrogen-bond acceptors (Lipinski definition) is 8. The smallest absolute Gasteiger partial charge is 0.309 e. The van der Waals surface area contributed by atoms with Gasteiger partial charge in [0.15, 0.2) is 0 Å². The van der Waals surface area contributed by atoms with E-state index in [9.17, 15) is 18.7 Å². The Labute approximate surface area is 245 Å². The molecule has 42 heavy (non-hydrogen) atoms. The number of carbonyl (C=O) groups is 1. The summed E-state index contributed by atoms with van der Waals surface area (Å²) < 4.78 is 32.0. The maximum Gasteiger partial charge on any atom is 0.309 e. The van der Waals surface area contributed by atoms with Crippen LogP contribution >= 0.6 is 0 Å². The van der Waals surface area contributed by atoms with Crippen molar-refractivity contribution in [3.8, 4) is 11.3 Å². The number of nitrogens with one attached hydrogen (secondary N) is 1. The number of ether oxygens (including phenoxy) is 1. The first-order valence-electron chi connectivity index (χ1n) is 14.7. The van der Waals surface area contributed by atoms with Crippen LogP contribution in [-0.4, -0.2) is 38.2 Å². The normalized spacial score (nSPS) is 24.2. The standard InChI is InChI=1S/C32H39F2N5O3/c1-19-15-26(38-29(16-19)39-28-17-21(30(33)34)13-14-36-28)22-5-12-27(37-18-22)32(2,41)23-6-3-20(4-7-23)31(40)42-25-10-8-24(35)9-11-25/h5,12-18,20,23-25,30,41H,3-4,6-11,35H2,1-2H3,(H,36,38,39)/t20-,23-,24-,25+,32-/m1/s1. The van der Waals surface area contributed by atoms with E-state index in [4.69, 9.17) is 10.5 Å². The van der Waals surface area contributed by atoms with Gasteiger partial charge in [-0.2, -0.15) is 0 Å². The van der Waals surface area contributed by atoms with Crippen molar-refractivity contribution in [2.24, 2.45) is 17.6 Å².